The average Bonchev–Trinajstić information content (AvgIpc) is 3.46. The second-order valence-corrected chi connectivity index (χ2v) is 9.80. The van der Waals surface area contributed by atoms with Crippen molar-refractivity contribution in [3.05, 3.63) is 65.3 Å². The number of carbonyl (C=O) groups excluding carboxylic acids is 1. The highest BCUT2D eigenvalue weighted by atomic mass is 32.2. The molecule has 8 nitrogen and oxygen atoms in total. The molecule has 0 fully saturated rings. The number of amides is 1. The zero-order chi connectivity index (χ0) is 24.8. The number of methoxy groups -OCH3 is 1. The van der Waals surface area contributed by atoms with E-state index in [1.807, 2.05) is 79.9 Å². The molecule has 1 unspecified atom stereocenters. The Kier molecular flexibility index (Phi) is 8.04. The normalized spacial score (nSPS) is 11.8. The molecule has 35 heavy (non-hydrogen) atoms. The topological polar surface area (TPSA) is 91.2 Å². The molecule has 0 aliphatic carbocycles. The van der Waals surface area contributed by atoms with Crippen molar-refractivity contribution in [1.29, 1.82) is 0 Å². The molecule has 10 heteroatoms. The Hall–Kier alpha value is -3.37. The van der Waals surface area contributed by atoms with Crippen molar-refractivity contribution >= 4 is 34.1 Å². The van der Waals surface area contributed by atoms with Crippen LogP contribution in [0, 0.1) is 6.92 Å². The quantitative estimate of drug-likeness (QED) is 0.278. The Morgan fingerprint density at radius 3 is 2.66 bits per heavy atom. The van der Waals surface area contributed by atoms with Crippen molar-refractivity contribution in [2.45, 2.75) is 38.6 Å². The summed E-state index contributed by atoms with van der Waals surface area (Å²) in [6.45, 7) is 6.60. The van der Waals surface area contributed by atoms with Crippen molar-refractivity contribution in [2.24, 2.45) is 0 Å². The number of nitrogens with zero attached hydrogens (tertiary/aromatic N) is 4. The highest BCUT2D eigenvalue weighted by molar-refractivity contribution is 7.99. The van der Waals surface area contributed by atoms with Crippen LogP contribution in [0.2, 0.25) is 0 Å². The summed E-state index contributed by atoms with van der Waals surface area (Å²) in [6.07, 6.45) is -0.326. The van der Waals surface area contributed by atoms with Crippen LogP contribution in [0.25, 0.3) is 11.3 Å². The number of thioether (sulfide) groups is 1. The van der Waals surface area contributed by atoms with E-state index in [0.717, 1.165) is 21.9 Å². The van der Waals surface area contributed by atoms with Gasteiger partial charge in [0, 0.05) is 23.1 Å². The van der Waals surface area contributed by atoms with Crippen LogP contribution in [0.3, 0.4) is 0 Å². The van der Waals surface area contributed by atoms with Gasteiger partial charge in [0.2, 0.25) is 5.91 Å². The largest absolute Gasteiger partial charge is 0.497 e. The molecule has 1 N–H and O–H groups in total. The summed E-state index contributed by atoms with van der Waals surface area (Å²) in [5.41, 5.74) is 1.92. The minimum atomic E-state index is -0.326. The number of aromatic nitrogens is 4. The minimum Gasteiger partial charge on any atom is -0.497 e. The number of carbonyl (C=O) groups is 1. The van der Waals surface area contributed by atoms with E-state index in [1.54, 1.807) is 7.11 Å². The first-order valence-corrected chi connectivity index (χ1v) is 13.0. The molecule has 1 atom stereocenters. The van der Waals surface area contributed by atoms with E-state index >= 15 is 0 Å². The Bertz CT molecular complexity index is 1290. The van der Waals surface area contributed by atoms with Crippen LogP contribution in [0.4, 0.5) is 5.13 Å². The van der Waals surface area contributed by atoms with Gasteiger partial charge in [0.05, 0.1) is 18.6 Å². The molecular weight excluding hydrogens is 482 g/mol. The van der Waals surface area contributed by atoms with Crippen molar-refractivity contribution < 1.29 is 14.3 Å². The lowest BCUT2D eigenvalue weighted by Crippen LogP contribution is -2.15. The Morgan fingerprint density at radius 1 is 1.14 bits per heavy atom. The molecule has 4 rings (SSSR count). The molecule has 4 aromatic rings. The van der Waals surface area contributed by atoms with Crippen LogP contribution in [0.5, 0.6) is 11.5 Å². The van der Waals surface area contributed by atoms with Gasteiger partial charge in [0.1, 0.15) is 11.5 Å². The number of benzene rings is 2. The Labute approximate surface area is 212 Å². The highest BCUT2D eigenvalue weighted by Gasteiger charge is 2.20. The molecule has 182 valence electrons. The maximum Gasteiger partial charge on any atom is 0.236 e. The maximum atomic E-state index is 12.6. The van der Waals surface area contributed by atoms with E-state index in [0.29, 0.717) is 28.4 Å². The molecule has 2 heterocycles. The van der Waals surface area contributed by atoms with Gasteiger partial charge in [0.15, 0.2) is 22.2 Å². The Balaban J connectivity index is 1.38. The monoisotopic (exact) mass is 509 g/mol. The molecule has 0 aliphatic rings. The molecule has 0 saturated carbocycles. The maximum absolute atomic E-state index is 12.6. The van der Waals surface area contributed by atoms with Crippen LogP contribution >= 0.6 is 23.1 Å². The summed E-state index contributed by atoms with van der Waals surface area (Å²) in [5.74, 6) is 2.16. The van der Waals surface area contributed by atoms with Gasteiger partial charge in [-0.15, -0.1) is 21.5 Å². The SMILES string of the molecule is CCn1c(SCC(=O)Nc2nc(-c3ccccc3)c(C)s2)nnc1C(C)Oc1cccc(OC)c1. The van der Waals surface area contributed by atoms with Crippen molar-refractivity contribution in [3.8, 4) is 22.8 Å². The summed E-state index contributed by atoms with van der Waals surface area (Å²) in [6, 6.07) is 17.4. The molecule has 0 radical (unpaired) electrons. The molecule has 2 aromatic carbocycles. The van der Waals surface area contributed by atoms with Crippen LogP contribution in [-0.2, 0) is 11.3 Å². The third kappa shape index (κ3) is 6.01. The fourth-order valence-corrected chi connectivity index (χ4v) is 5.20. The zero-order valence-corrected chi connectivity index (χ0v) is 21.7. The summed E-state index contributed by atoms with van der Waals surface area (Å²) in [7, 11) is 1.62. The first-order valence-electron chi connectivity index (χ1n) is 11.2. The average molecular weight is 510 g/mol. The van der Waals surface area contributed by atoms with Gasteiger partial charge in [-0.25, -0.2) is 4.98 Å². The fraction of sp³-hybridized carbons (Fsp3) is 0.280. The number of ether oxygens (including phenoxy) is 2. The third-order valence-corrected chi connectivity index (χ3v) is 7.05. The summed E-state index contributed by atoms with van der Waals surface area (Å²) in [5, 5.41) is 12.8. The van der Waals surface area contributed by atoms with E-state index in [1.165, 1.54) is 23.1 Å². The number of anilines is 1. The van der Waals surface area contributed by atoms with E-state index in [-0.39, 0.29) is 17.8 Å². The van der Waals surface area contributed by atoms with Crippen molar-refractivity contribution in [3.63, 3.8) is 0 Å². The van der Waals surface area contributed by atoms with Crippen LogP contribution in [0.1, 0.15) is 30.7 Å². The second-order valence-electron chi connectivity index (χ2n) is 7.65. The molecule has 0 spiro atoms. The molecule has 1 amide bonds. The van der Waals surface area contributed by atoms with Gasteiger partial charge in [-0.3, -0.25) is 4.79 Å². The van der Waals surface area contributed by atoms with Gasteiger partial charge in [-0.05, 0) is 32.9 Å². The van der Waals surface area contributed by atoms with Gasteiger partial charge in [-0.1, -0.05) is 48.2 Å². The lowest BCUT2D eigenvalue weighted by molar-refractivity contribution is -0.113. The molecular formula is C25H27N5O3S2. The number of hydrogen-bond acceptors (Lipinski definition) is 8. The number of hydrogen-bond donors (Lipinski definition) is 1. The van der Waals surface area contributed by atoms with Crippen molar-refractivity contribution in [2.75, 3.05) is 18.2 Å². The molecule has 0 saturated heterocycles. The smallest absolute Gasteiger partial charge is 0.236 e. The first kappa shape index (κ1) is 24.7. The number of rotatable bonds is 10. The van der Waals surface area contributed by atoms with E-state index in [2.05, 4.69) is 20.5 Å². The van der Waals surface area contributed by atoms with E-state index < -0.39 is 0 Å². The fourth-order valence-electron chi connectivity index (χ4n) is 3.54. The summed E-state index contributed by atoms with van der Waals surface area (Å²) in [4.78, 5) is 18.3. The number of thiazole rings is 1. The standard InChI is InChI=1S/C25H27N5O3S2/c1-5-30-23(16(2)33-20-13-9-12-19(14-20)32-4)28-29-25(30)34-15-21(31)26-24-27-22(17(3)35-24)18-10-7-6-8-11-18/h6-14,16H,5,15H2,1-4H3,(H,26,27,31). The lowest BCUT2D eigenvalue weighted by Gasteiger charge is -2.16. The first-order chi connectivity index (χ1) is 17.0. The lowest BCUT2D eigenvalue weighted by atomic mass is 10.1. The van der Waals surface area contributed by atoms with E-state index in [9.17, 15) is 4.79 Å². The molecule has 2 aromatic heterocycles. The summed E-state index contributed by atoms with van der Waals surface area (Å²) >= 11 is 2.80. The highest BCUT2D eigenvalue weighted by Crippen LogP contribution is 2.31. The van der Waals surface area contributed by atoms with Crippen LogP contribution in [0.15, 0.2) is 59.8 Å². The van der Waals surface area contributed by atoms with E-state index in [4.69, 9.17) is 9.47 Å². The third-order valence-electron chi connectivity index (χ3n) is 5.20. The van der Waals surface area contributed by atoms with Crippen molar-refractivity contribution in [1.82, 2.24) is 19.7 Å². The van der Waals surface area contributed by atoms with Crippen LogP contribution in [-0.4, -0.2) is 38.5 Å². The number of nitrogens with one attached hydrogen (secondary N) is 1. The molecule has 0 bridgehead atoms. The summed E-state index contributed by atoms with van der Waals surface area (Å²) < 4.78 is 13.3. The zero-order valence-electron chi connectivity index (χ0n) is 20.0. The number of aryl methyl sites for hydroxylation is 1. The van der Waals surface area contributed by atoms with Gasteiger partial charge < -0.3 is 19.4 Å². The van der Waals surface area contributed by atoms with Gasteiger partial charge >= 0.3 is 0 Å². The molecule has 0 aliphatic heterocycles. The predicted octanol–water partition coefficient (Wildman–Crippen LogP) is 5.61. The minimum absolute atomic E-state index is 0.142. The second kappa shape index (κ2) is 11.4. The predicted molar refractivity (Wildman–Crippen MR) is 139 cm³/mol. The Morgan fingerprint density at radius 2 is 1.91 bits per heavy atom. The van der Waals surface area contributed by atoms with Gasteiger partial charge in [-0.2, -0.15) is 0 Å². The van der Waals surface area contributed by atoms with Crippen LogP contribution < -0.4 is 14.8 Å². The van der Waals surface area contributed by atoms with Gasteiger partial charge in [0.25, 0.3) is 0 Å².